The zero-order valence-corrected chi connectivity index (χ0v) is 23.4. The maximum absolute atomic E-state index is 12.9. The van der Waals surface area contributed by atoms with Crippen LogP contribution in [0.4, 0.5) is 9.59 Å². The number of imidazole rings is 1. The molecule has 1 aliphatic rings. The summed E-state index contributed by atoms with van der Waals surface area (Å²) < 4.78 is 17.8. The summed E-state index contributed by atoms with van der Waals surface area (Å²) in [6, 6.07) is 9.89. The van der Waals surface area contributed by atoms with Gasteiger partial charge in [0.1, 0.15) is 16.6 Å². The van der Waals surface area contributed by atoms with E-state index in [-0.39, 0.29) is 18.4 Å². The van der Waals surface area contributed by atoms with Gasteiger partial charge in [-0.05, 0) is 78.4 Å². The Kier molecular flexibility index (Phi) is 8.69. The molecule has 1 aromatic carbocycles. The number of benzene rings is 1. The molecule has 0 aliphatic heterocycles. The van der Waals surface area contributed by atoms with E-state index in [0.29, 0.717) is 25.0 Å². The fourth-order valence-corrected chi connectivity index (χ4v) is 4.30. The van der Waals surface area contributed by atoms with Crippen LogP contribution in [0.5, 0.6) is 0 Å². The van der Waals surface area contributed by atoms with Crippen LogP contribution in [0.1, 0.15) is 72.1 Å². The lowest BCUT2D eigenvalue weighted by atomic mass is 9.97. The number of hydrogen-bond acceptors (Lipinski definition) is 7. The molecule has 0 saturated heterocycles. The van der Waals surface area contributed by atoms with Gasteiger partial charge in [0.2, 0.25) is 0 Å². The molecule has 2 atom stereocenters. The van der Waals surface area contributed by atoms with Crippen LogP contribution in [0.15, 0.2) is 42.9 Å². The summed E-state index contributed by atoms with van der Waals surface area (Å²) in [6.45, 7) is 10.5. The monoisotopic (exact) mass is 525 g/mol. The number of imide groups is 1. The Morgan fingerprint density at radius 3 is 2.21 bits per heavy atom. The molecular weight excluding hydrogens is 486 g/mol. The number of carbonyl (C=O) groups excluding carboxylic acids is 3. The number of methoxy groups -OCH3 is 1. The molecule has 0 spiro atoms. The van der Waals surface area contributed by atoms with E-state index in [2.05, 4.69) is 4.98 Å². The Hall–Kier alpha value is -3.62. The smallest absolute Gasteiger partial charge is 0.419 e. The van der Waals surface area contributed by atoms with Crippen molar-refractivity contribution in [2.24, 2.45) is 5.92 Å². The summed E-state index contributed by atoms with van der Waals surface area (Å²) in [5.41, 5.74) is -0.676. The highest BCUT2D eigenvalue weighted by Crippen LogP contribution is 2.56. The third kappa shape index (κ3) is 7.46. The predicted molar refractivity (Wildman–Crippen MR) is 144 cm³/mol. The normalized spacial score (nSPS) is 19.2. The first-order valence-electron chi connectivity index (χ1n) is 12.8. The molecule has 0 radical (unpaired) electrons. The lowest BCUT2D eigenvalue weighted by molar-refractivity contribution is -0.144. The Bertz CT molecular complexity index is 1130. The van der Waals surface area contributed by atoms with E-state index >= 15 is 0 Å². The van der Waals surface area contributed by atoms with E-state index in [1.165, 1.54) is 7.11 Å². The average Bonchev–Trinajstić information content (AvgIpc) is 3.35. The first-order valence-corrected chi connectivity index (χ1v) is 12.8. The molecule has 38 heavy (non-hydrogen) atoms. The molecule has 1 fully saturated rings. The van der Waals surface area contributed by atoms with Crippen LogP contribution in [-0.2, 0) is 24.4 Å². The third-order valence-electron chi connectivity index (χ3n) is 6.11. The minimum atomic E-state index is -0.844. The molecule has 2 amide bonds. The second kappa shape index (κ2) is 11.4. The van der Waals surface area contributed by atoms with Gasteiger partial charge in [0, 0.05) is 18.9 Å². The Balaban J connectivity index is 1.69. The number of nitrogens with zero attached hydrogens (tertiary/aromatic N) is 3. The van der Waals surface area contributed by atoms with E-state index in [1.54, 1.807) is 47.9 Å². The lowest BCUT2D eigenvalue weighted by Crippen LogP contribution is -2.44. The summed E-state index contributed by atoms with van der Waals surface area (Å²) in [5.74, 6) is -0.369. The molecule has 9 heteroatoms. The van der Waals surface area contributed by atoms with Crippen molar-refractivity contribution in [3.63, 3.8) is 0 Å². The van der Waals surface area contributed by atoms with Gasteiger partial charge in [0.25, 0.3) is 0 Å². The second-order valence-electron chi connectivity index (χ2n) is 11.6. The highest BCUT2D eigenvalue weighted by Gasteiger charge is 2.63. The van der Waals surface area contributed by atoms with Gasteiger partial charge in [-0.3, -0.25) is 4.79 Å². The van der Waals surface area contributed by atoms with Crippen molar-refractivity contribution in [2.75, 3.05) is 13.7 Å². The Morgan fingerprint density at radius 1 is 1.05 bits per heavy atom. The zero-order chi connectivity index (χ0) is 28.1. The van der Waals surface area contributed by atoms with Gasteiger partial charge < -0.3 is 18.8 Å². The Labute approximate surface area is 224 Å². The topological polar surface area (TPSA) is 100.0 Å². The van der Waals surface area contributed by atoms with Gasteiger partial charge in [0.05, 0.1) is 19.1 Å². The standard InChI is InChI=1S/C29H39N3O6/c1-27(2,3)37-25(34)32(26(35)38-28(4,5)6)16-11-14-22-18-29(22,24(33)36-7)23-19-31(20-30-23)17-15-21-12-9-8-10-13-21/h8-10,12-13,15,17,19-20,22H,11,14,16,18H2,1-7H3/b17-15+/t22-,29+/m0/s1. The predicted octanol–water partition coefficient (Wildman–Crippen LogP) is 5.89. The molecule has 206 valence electrons. The maximum atomic E-state index is 12.9. The van der Waals surface area contributed by atoms with Gasteiger partial charge in [-0.2, -0.15) is 0 Å². The van der Waals surface area contributed by atoms with Crippen LogP contribution in [0.3, 0.4) is 0 Å². The molecule has 0 unspecified atom stereocenters. The van der Waals surface area contributed by atoms with Crippen LogP contribution in [0, 0.1) is 5.92 Å². The van der Waals surface area contributed by atoms with Crippen LogP contribution in [0.2, 0.25) is 0 Å². The molecule has 0 N–H and O–H groups in total. The average molecular weight is 526 g/mol. The van der Waals surface area contributed by atoms with Crippen molar-refractivity contribution >= 4 is 30.4 Å². The number of carbonyl (C=O) groups is 3. The van der Waals surface area contributed by atoms with Crippen molar-refractivity contribution in [2.45, 2.75) is 77.4 Å². The molecule has 1 aromatic heterocycles. The van der Waals surface area contributed by atoms with Gasteiger partial charge >= 0.3 is 18.2 Å². The molecule has 9 nitrogen and oxygen atoms in total. The molecule has 1 saturated carbocycles. The van der Waals surface area contributed by atoms with Gasteiger partial charge in [-0.25, -0.2) is 19.5 Å². The summed E-state index contributed by atoms with van der Waals surface area (Å²) in [5, 5.41) is 0. The van der Waals surface area contributed by atoms with E-state index in [0.717, 1.165) is 10.5 Å². The van der Waals surface area contributed by atoms with Crippen LogP contribution in [-0.4, -0.2) is 57.5 Å². The van der Waals surface area contributed by atoms with Crippen molar-refractivity contribution < 1.29 is 28.6 Å². The second-order valence-corrected chi connectivity index (χ2v) is 11.6. The fourth-order valence-electron chi connectivity index (χ4n) is 4.30. The van der Waals surface area contributed by atoms with Crippen molar-refractivity contribution in [3.8, 4) is 0 Å². The van der Waals surface area contributed by atoms with Crippen LogP contribution in [0.25, 0.3) is 12.3 Å². The summed E-state index contributed by atoms with van der Waals surface area (Å²) in [4.78, 5) is 43.9. The fraction of sp³-hybridized carbons (Fsp3) is 0.517. The Morgan fingerprint density at radius 2 is 1.66 bits per heavy atom. The minimum Gasteiger partial charge on any atom is -0.468 e. The number of aromatic nitrogens is 2. The van der Waals surface area contributed by atoms with E-state index in [4.69, 9.17) is 14.2 Å². The quantitative estimate of drug-likeness (QED) is 0.313. The van der Waals surface area contributed by atoms with Gasteiger partial charge in [-0.15, -0.1) is 0 Å². The number of amides is 2. The summed E-state index contributed by atoms with van der Waals surface area (Å²) >= 11 is 0. The molecule has 1 heterocycles. The van der Waals surface area contributed by atoms with Crippen molar-refractivity contribution in [3.05, 3.63) is 54.1 Å². The SMILES string of the molecule is COC(=O)[C@]1(c2cn(/C=C/c3ccccc3)cn2)C[C@@H]1CCCN(C(=O)OC(C)(C)C)C(=O)OC(C)(C)C. The largest absolute Gasteiger partial charge is 0.468 e. The number of ether oxygens (including phenoxy) is 3. The summed E-state index contributed by atoms with van der Waals surface area (Å²) in [6.07, 6.45) is 7.47. The van der Waals surface area contributed by atoms with Gasteiger partial charge in [-0.1, -0.05) is 30.3 Å². The van der Waals surface area contributed by atoms with E-state index in [9.17, 15) is 14.4 Å². The molecular formula is C29H39N3O6. The van der Waals surface area contributed by atoms with Crippen LogP contribution >= 0.6 is 0 Å². The maximum Gasteiger partial charge on any atom is 0.419 e. The highest BCUT2D eigenvalue weighted by atomic mass is 16.6. The minimum absolute atomic E-state index is 0.0319. The lowest BCUT2D eigenvalue weighted by Gasteiger charge is -2.28. The molecule has 0 bridgehead atoms. The first kappa shape index (κ1) is 28.9. The molecule has 3 rings (SSSR count). The third-order valence-corrected chi connectivity index (χ3v) is 6.11. The molecule has 1 aliphatic carbocycles. The first-order chi connectivity index (χ1) is 17.7. The van der Waals surface area contributed by atoms with Crippen molar-refractivity contribution in [1.82, 2.24) is 14.5 Å². The van der Waals surface area contributed by atoms with E-state index in [1.807, 2.05) is 53.4 Å². The van der Waals surface area contributed by atoms with Crippen molar-refractivity contribution in [1.29, 1.82) is 0 Å². The number of hydrogen-bond donors (Lipinski definition) is 0. The number of rotatable bonds is 8. The summed E-state index contributed by atoms with van der Waals surface area (Å²) in [7, 11) is 1.37. The zero-order valence-electron chi connectivity index (χ0n) is 23.4. The number of esters is 1. The highest BCUT2D eigenvalue weighted by molar-refractivity contribution is 5.88. The van der Waals surface area contributed by atoms with Crippen LogP contribution < -0.4 is 0 Å². The van der Waals surface area contributed by atoms with E-state index < -0.39 is 28.8 Å². The van der Waals surface area contributed by atoms with Gasteiger partial charge in [0.15, 0.2) is 0 Å². The molecule has 2 aromatic rings.